The fourth-order valence-electron chi connectivity index (χ4n) is 1.78. The van der Waals surface area contributed by atoms with E-state index in [4.69, 9.17) is 11.6 Å². The molecule has 4 heteroatoms. The average Bonchev–Trinajstić information content (AvgIpc) is 2.64. The van der Waals surface area contributed by atoms with Crippen LogP contribution in [0, 0.1) is 5.92 Å². The third-order valence-electron chi connectivity index (χ3n) is 2.53. The average molecular weight is 200 g/mol. The lowest BCUT2D eigenvalue weighted by molar-refractivity contribution is 0.564. The van der Waals surface area contributed by atoms with Crippen molar-refractivity contribution in [3.63, 3.8) is 0 Å². The van der Waals surface area contributed by atoms with Crippen molar-refractivity contribution in [3.05, 3.63) is 16.9 Å². The van der Waals surface area contributed by atoms with Crippen molar-refractivity contribution in [1.82, 2.24) is 15.1 Å². The van der Waals surface area contributed by atoms with Gasteiger partial charge in [0, 0.05) is 7.05 Å². The van der Waals surface area contributed by atoms with E-state index >= 15 is 0 Å². The van der Waals surface area contributed by atoms with Crippen LogP contribution in [0.4, 0.5) is 0 Å². The summed E-state index contributed by atoms with van der Waals surface area (Å²) in [4.78, 5) is 0. The summed E-state index contributed by atoms with van der Waals surface area (Å²) in [5.41, 5.74) is 1.11. The second-order valence-electron chi connectivity index (χ2n) is 3.64. The zero-order chi connectivity index (χ0) is 9.26. The van der Waals surface area contributed by atoms with Crippen molar-refractivity contribution in [2.24, 2.45) is 13.0 Å². The normalized spacial score (nSPS) is 22.5. The smallest absolute Gasteiger partial charge is 0.126 e. The topological polar surface area (TPSA) is 29.9 Å². The van der Waals surface area contributed by atoms with Crippen LogP contribution < -0.4 is 5.32 Å². The zero-order valence-corrected chi connectivity index (χ0v) is 8.51. The molecule has 1 saturated heterocycles. The summed E-state index contributed by atoms with van der Waals surface area (Å²) in [6, 6.07) is 1.96. The lowest BCUT2D eigenvalue weighted by atomic mass is 10.0. The molecule has 1 aliphatic heterocycles. The first-order valence-corrected chi connectivity index (χ1v) is 5.02. The molecule has 1 aromatic heterocycles. The summed E-state index contributed by atoms with van der Waals surface area (Å²) >= 11 is 5.90. The Balaban J connectivity index is 2.00. The fourth-order valence-corrected chi connectivity index (χ4v) is 1.95. The van der Waals surface area contributed by atoms with Gasteiger partial charge in [0.05, 0.1) is 5.69 Å². The van der Waals surface area contributed by atoms with Gasteiger partial charge in [0.15, 0.2) is 0 Å². The van der Waals surface area contributed by atoms with E-state index in [9.17, 15) is 0 Å². The first-order chi connectivity index (χ1) is 6.25. The molecule has 0 aromatic carbocycles. The molecule has 1 aliphatic rings. The first kappa shape index (κ1) is 9.03. The molecule has 1 fully saturated rings. The number of nitrogens with zero attached hydrogens (tertiary/aromatic N) is 2. The molecule has 0 spiro atoms. The summed E-state index contributed by atoms with van der Waals surface area (Å²) in [5, 5.41) is 8.40. The van der Waals surface area contributed by atoms with Gasteiger partial charge < -0.3 is 5.32 Å². The maximum absolute atomic E-state index is 5.90. The number of rotatable bonds is 2. The summed E-state index contributed by atoms with van der Waals surface area (Å²) in [5.74, 6) is 0.742. The lowest BCUT2D eigenvalue weighted by Crippen LogP contribution is -2.11. The molecule has 3 nitrogen and oxygen atoms in total. The highest BCUT2D eigenvalue weighted by atomic mass is 35.5. The van der Waals surface area contributed by atoms with E-state index in [1.54, 1.807) is 4.68 Å². The van der Waals surface area contributed by atoms with Crippen LogP contribution >= 0.6 is 11.6 Å². The molecular weight excluding hydrogens is 186 g/mol. The Morgan fingerprint density at radius 1 is 1.77 bits per heavy atom. The van der Waals surface area contributed by atoms with Crippen LogP contribution in [0.3, 0.4) is 0 Å². The van der Waals surface area contributed by atoms with E-state index in [-0.39, 0.29) is 0 Å². The second-order valence-corrected chi connectivity index (χ2v) is 4.03. The minimum atomic E-state index is 0.723. The van der Waals surface area contributed by atoms with Gasteiger partial charge in [0.25, 0.3) is 0 Å². The fraction of sp³-hybridized carbons (Fsp3) is 0.667. The van der Waals surface area contributed by atoms with Gasteiger partial charge in [-0.15, -0.1) is 0 Å². The van der Waals surface area contributed by atoms with Gasteiger partial charge in [-0.3, -0.25) is 4.68 Å². The Kier molecular flexibility index (Phi) is 2.56. The Morgan fingerprint density at radius 2 is 2.62 bits per heavy atom. The van der Waals surface area contributed by atoms with Crippen molar-refractivity contribution in [3.8, 4) is 0 Å². The van der Waals surface area contributed by atoms with Gasteiger partial charge in [-0.05, 0) is 37.9 Å². The van der Waals surface area contributed by atoms with Crippen LogP contribution in [0.1, 0.15) is 12.1 Å². The van der Waals surface area contributed by atoms with Crippen LogP contribution in [-0.2, 0) is 13.5 Å². The molecule has 72 valence electrons. The molecule has 1 aromatic rings. The maximum atomic E-state index is 5.90. The molecule has 2 rings (SSSR count). The highest BCUT2D eigenvalue weighted by molar-refractivity contribution is 6.29. The van der Waals surface area contributed by atoms with Crippen LogP contribution in [0.15, 0.2) is 6.07 Å². The number of aromatic nitrogens is 2. The van der Waals surface area contributed by atoms with Crippen LogP contribution in [-0.4, -0.2) is 22.9 Å². The Labute approximate surface area is 83.1 Å². The molecule has 13 heavy (non-hydrogen) atoms. The molecule has 2 heterocycles. The Hall–Kier alpha value is -0.540. The first-order valence-electron chi connectivity index (χ1n) is 4.65. The lowest BCUT2D eigenvalue weighted by Gasteiger charge is -2.03. The second kappa shape index (κ2) is 3.68. The number of aryl methyl sites for hydroxylation is 1. The van der Waals surface area contributed by atoms with E-state index in [2.05, 4.69) is 10.4 Å². The third kappa shape index (κ3) is 2.03. The number of nitrogens with one attached hydrogen (secondary N) is 1. The van der Waals surface area contributed by atoms with E-state index in [1.807, 2.05) is 13.1 Å². The molecule has 1 atom stereocenters. The van der Waals surface area contributed by atoms with Crippen molar-refractivity contribution >= 4 is 11.6 Å². The van der Waals surface area contributed by atoms with Crippen molar-refractivity contribution in [2.75, 3.05) is 13.1 Å². The van der Waals surface area contributed by atoms with Crippen molar-refractivity contribution in [1.29, 1.82) is 0 Å². The summed E-state index contributed by atoms with van der Waals surface area (Å²) < 4.78 is 1.72. The van der Waals surface area contributed by atoms with E-state index in [0.29, 0.717) is 0 Å². The van der Waals surface area contributed by atoms with Gasteiger partial charge in [-0.25, -0.2) is 0 Å². The Morgan fingerprint density at radius 3 is 3.15 bits per heavy atom. The van der Waals surface area contributed by atoms with Gasteiger partial charge in [0.1, 0.15) is 5.15 Å². The van der Waals surface area contributed by atoms with Crippen molar-refractivity contribution in [2.45, 2.75) is 12.8 Å². The summed E-state index contributed by atoms with van der Waals surface area (Å²) in [7, 11) is 1.87. The summed E-state index contributed by atoms with van der Waals surface area (Å²) in [6.45, 7) is 2.26. The predicted octanol–water partition coefficient (Wildman–Crippen LogP) is 1.23. The van der Waals surface area contributed by atoms with Crippen LogP contribution in [0.25, 0.3) is 0 Å². The SMILES string of the molecule is Cn1nc(CC2CCNC2)cc1Cl. The zero-order valence-electron chi connectivity index (χ0n) is 7.76. The molecule has 0 radical (unpaired) electrons. The minimum absolute atomic E-state index is 0.723. The van der Waals surface area contributed by atoms with Gasteiger partial charge in [-0.2, -0.15) is 5.10 Å². The summed E-state index contributed by atoms with van der Waals surface area (Å²) in [6.07, 6.45) is 2.31. The largest absolute Gasteiger partial charge is 0.316 e. The molecule has 0 amide bonds. The molecule has 0 aliphatic carbocycles. The van der Waals surface area contributed by atoms with Gasteiger partial charge in [0.2, 0.25) is 0 Å². The van der Waals surface area contributed by atoms with Crippen molar-refractivity contribution < 1.29 is 0 Å². The van der Waals surface area contributed by atoms with E-state index in [1.165, 1.54) is 6.42 Å². The number of hydrogen-bond acceptors (Lipinski definition) is 2. The monoisotopic (exact) mass is 199 g/mol. The molecular formula is C9H14ClN3. The molecule has 1 N–H and O–H groups in total. The maximum Gasteiger partial charge on any atom is 0.126 e. The molecule has 0 saturated carbocycles. The van der Waals surface area contributed by atoms with E-state index in [0.717, 1.165) is 36.3 Å². The highest BCUT2D eigenvalue weighted by Crippen LogP contribution is 2.16. The molecule has 1 unspecified atom stereocenters. The number of hydrogen-bond donors (Lipinski definition) is 1. The molecule has 0 bridgehead atoms. The highest BCUT2D eigenvalue weighted by Gasteiger charge is 2.16. The van der Waals surface area contributed by atoms with Crippen LogP contribution in [0.5, 0.6) is 0 Å². The standard InChI is InChI=1S/C9H14ClN3/c1-13-9(10)5-8(12-13)4-7-2-3-11-6-7/h5,7,11H,2-4,6H2,1H3. The number of halogens is 1. The quantitative estimate of drug-likeness (QED) is 0.777. The van der Waals surface area contributed by atoms with Gasteiger partial charge in [-0.1, -0.05) is 11.6 Å². The van der Waals surface area contributed by atoms with Crippen LogP contribution in [0.2, 0.25) is 5.15 Å². The van der Waals surface area contributed by atoms with Gasteiger partial charge >= 0.3 is 0 Å². The van der Waals surface area contributed by atoms with E-state index < -0.39 is 0 Å². The minimum Gasteiger partial charge on any atom is -0.316 e. The third-order valence-corrected chi connectivity index (χ3v) is 2.89. The predicted molar refractivity (Wildman–Crippen MR) is 52.9 cm³/mol. The Bertz CT molecular complexity index is 270.